The molecule has 0 aromatic heterocycles. The minimum Gasteiger partial charge on any atom is -0.497 e. The van der Waals surface area contributed by atoms with E-state index in [-0.39, 0.29) is 16.9 Å². The number of nitrogens with zero attached hydrogens (tertiary/aromatic N) is 1. The molecule has 4 aromatic carbocycles. The van der Waals surface area contributed by atoms with E-state index in [1.54, 1.807) is 84.9 Å². The van der Waals surface area contributed by atoms with Crippen molar-refractivity contribution < 1.29 is 32.3 Å². The largest absolute Gasteiger partial charge is 0.497 e. The van der Waals surface area contributed by atoms with E-state index in [1.165, 1.54) is 49.6 Å². The molecule has 0 bridgehead atoms. The summed E-state index contributed by atoms with van der Waals surface area (Å²) < 4.78 is 40.9. The zero-order valence-corrected chi connectivity index (χ0v) is 25.3. The fourth-order valence-electron chi connectivity index (χ4n) is 5.57. The Hall–Kier alpha value is -5.06. The summed E-state index contributed by atoms with van der Waals surface area (Å²) in [5.41, 5.74) is 4.65. The zero-order chi connectivity index (χ0) is 32.0. The number of Topliss-reactive ketones (excluding diaryl/α,β-unsaturated/α-hetero) is 1. The van der Waals surface area contributed by atoms with E-state index in [2.05, 4.69) is 0 Å². The Balaban J connectivity index is 1.72. The van der Waals surface area contributed by atoms with Crippen molar-refractivity contribution in [3.05, 3.63) is 144 Å². The van der Waals surface area contributed by atoms with Crippen molar-refractivity contribution in [1.29, 1.82) is 0 Å². The number of hydrogen-bond donors (Lipinski definition) is 1. The van der Waals surface area contributed by atoms with Gasteiger partial charge < -0.3 is 15.2 Å². The van der Waals surface area contributed by atoms with E-state index in [1.807, 2.05) is 0 Å². The molecule has 0 radical (unpaired) electrons. The quantitative estimate of drug-likeness (QED) is 0.117. The number of sulfonamides is 1. The molecule has 4 aromatic rings. The fourth-order valence-corrected chi connectivity index (χ4v) is 7.26. The fraction of sp³-hybridized carbons (Fsp3) is 0.171. The summed E-state index contributed by atoms with van der Waals surface area (Å²) >= 11 is 0. The maximum absolute atomic E-state index is 14.8. The minimum atomic E-state index is -4.65. The molecule has 1 amide bonds. The molecule has 0 fully saturated rings. The molecular weight excluding hydrogens is 592 g/mol. The van der Waals surface area contributed by atoms with Gasteiger partial charge in [0.25, 0.3) is 5.91 Å². The van der Waals surface area contributed by atoms with Gasteiger partial charge in [0.2, 0.25) is 15.6 Å². The number of primary amides is 1. The number of hydrogen-bond acceptors (Lipinski definition) is 7. The van der Waals surface area contributed by atoms with Crippen molar-refractivity contribution in [2.24, 2.45) is 11.7 Å². The minimum absolute atomic E-state index is 0.151. The average molecular weight is 625 g/mol. The van der Waals surface area contributed by atoms with Crippen LogP contribution in [0.2, 0.25) is 0 Å². The Morgan fingerprint density at radius 1 is 0.800 bits per heavy atom. The highest BCUT2D eigenvalue weighted by atomic mass is 32.2. The molecule has 10 heteroatoms. The molecule has 5 rings (SSSR count). The third kappa shape index (κ3) is 6.02. The highest BCUT2D eigenvalue weighted by Crippen LogP contribution is 2.40. The summed E-state index contributed by atoms with van der Waals surface area (Å²) in [6.45, 7) is -0.424. The number of nitrogens with two attached hydrogens (primary N) is 1. The Bertz CT molecular complexity index is 1760. The number of rotatable bonds is 10. The second-order valence-corrected chi connectivity index (χ2v) is 12.3. The van der Waals surface area contributed by atoms with Crippen molar-refractivity contribution in [1.82, 2.24) is 4.31 Å². The maximum atomic E-state index is 14.8. The van der Waals surface area contributed by atoms with Crippen molar-refractivity contribution in [3.63, 3.8) is 0 Å². The second-order valence-electron chi connectivity index (χ2n) is 10.4. The number of carbonyl (C=O) groups excluding carboxylic acids is 3. The van der Waals surface area contributed by atoms with Gasteiger partial charge in [0.15, 0.2) is 11.9 Å². The first-order chi connectivity index (χ1) is 21.7. The molecule has 2 unspecified atom stereocenters. The van der Waals surface area contributed by atoms with Crippen LogP contribution in [0.4, 0.5) is 0 Å². The van der Waals surface area contributed by atoms with Crippen LogP contribution in [0.5, 0.6) is 5.75 Å². The van der Waals surface area contributed by atoms with Gasteiger partial charge in [-0.3, -0.25) is 9.59 Å². The highest BCUT2D eigenvalue weighted by molar-refractivity contribution is 7.89. The van der Waals surface area contributed by atoms with E-state index in [9.17, 15) is 22.8 Å². The lowest BCUT2D eigenvalue weighted by Crippen LogP contribution is -2.69. The van der Waals surface area contributed by atoms with E-state index < -0.39 is 51.8 Å². The van der Waals surface area contributed by atoms with E-state index >= 15 is 0 Å². The topological polar surface area (TPSA) is 133 Å². The monoisotopic (exact) mass is 624 g/mol. The summed E-state index contributed by atoms with van der Waals surface area (Å²) in [6.07, 6.45) is 1.87. The first kappa shape index (κ1) is 31.4. The van der Waals surface area contributed by atoms with Gasteiger partial charge in [0.1, 0.15) is 5.75 Å². The molecule has 1 aliphatic heterocycles. The molecule has 2 atom stereocenters. The van der Waals surface area contributed by atoms with Crippen molar-refractivity contribution in [2.45, 2.75) is 23.0 Å². The maximum Gasteiger partial charge on any atom is 0.339 e. The summed E-state index contributed by atoms with van der Waals surface area (Å²) in [7, 11) is -3.21. The summed E-state index contributed by atoms with van der Waals surface area (Å²) in [4.78, 5) is 42.6. The molecule has 1 heterocycles. The van der Waals surface area contributed by atoms with Crippen LogP contribution in [0.15, 0.2) is 132 Å². The van der Waals surface area contributed by atoms with Crippen LogP contribution in [0.1, 0.15) is 34.0 Å². The summed E-state index contributed by atoms with van der Waals surface area (Å²) in [5, 5.41) is 0. The Labute approximate surface area is 261 Å². The van der Waals surface area contributed by atoms with Gasteiger partial charge in [0.05, 0.1) is 17.9 Å². The van der Waals surface area contributed by atoms with Gasteiger partial charge in [0, 0.05) is 12.1 Å². The normalized spacial score (nSPS) is 18.6. The predicted octanol–water partition coefficient (Wildman–Crippen LogP) is 4.70. The SMILES string of the molecule is COc1ccc(S(=O)(=O)N2CC=CCC(C(=O)c3ccccc3)C2(C(N)=O)C(=O)OC(c2ccccc2)c2ccccc2)cc1. The zero-order valence-electron chi connectivity index (χ0n) is 24.5. The molecule has 0 saturated heterocycles. The molecule has 1 aliphatic rings. The van der Waals surface area contributed by atoms with Gasteiger partial charge in [-0.2, -0.15) is 4.31 Å². The lowest BCUT2D eigenvalue weighted by atomic mass is 9.76. The van der Waals surface area contributed by atoms with Crippen molar-refractivity contribution in [2.75, 3.05) is 13.7 Å². The Morgan fingerprint density at radius 2 is 1.33 bits per heavy atom. The Morgan fingerprint density at radius 3 is 1.84 bits per heavy atom. The number of benzene rings is 4. The van der Waals surface area contributed by atoms with E-state index in [0.717, 1.165) is 0 Å². The smallest absolute Gasteiger partial charge is 0.339 e. The summed E-state index contributed by atoms with van der Waals surface area (Å²) in [6, 6.07) is 31.2. The third-order valence-corrected chi connectivity index (χ3v) is 9.73. The molecule has 0 saturated carbocycles. The molecule has 2 N–H and O–H groups in total. The predicted molar refractivity (Wildman–Crippen MR) is 168 cm³/mol. The van der Waals surface area contributed by atoms with Crippen molar-refractivity contribution >= 4 is 27.7 Å². The van der Waals surface area contributed by atoms with Gasteiger partial charge >= 0.3 is 5.97 Å². The number of methoxy groups -OCH3 is 1. The second kappa shape index (κ2) is 13.3. The van der Waals surface area contributed by atoms with Crippen molar-refractivity contribution in [3.8, 4) is 5.75 Å². The standard InChI is InChI=1S/C35H32N2O7S/c1-43-28-20-22-29(23-21-28)45(41,42)37-24-12-11-19-30(31(38)25-13-5-2-6-14-25)35(37,33(36)39)34(40)44-32(26-15-7-3-8-16-26)27-17-9-4-10-18-27/h2-18,20-23,30,32H,19,24H2,1H3,(H2,36,39). The number of esters is 1. The number of ether oxygens (including phenoxy) is 2. The number of ketones is 1. The molecule has 9 nitrogen and oxygen atoms in total. The molecule has 0 aliphatic carbocycles. The van der Waals surface area contributed by atoms with Crippen LogP contribution in [-0.2, 0) is 24.3 Å². The van der Waals surface area contributed by atoms with Gasteiger partial charge in [-0.1, -0.05) is 103 Å². The van der Waals surface area contributed by atoms with E-state index in [4.69, 9.17) is 15.2 Å². The lowest BCUT2D eigenvalue weighted by molar-refractivity contribution is -0.165. The van der Waals surface area contributed by atoms with Crippen LogP contribution in [0, 0.1) is 5.92 Å². The number of allylic oxidation sites excluding steroid dienone is 1. The van der Waals surface area contributed by atoms with Crippen LogP contribution in [0.3, 0.4) is 0 Å². The molecule has 45 heavy (non-hydrogen) atoms. The Kier molecular flexibility index (Phi) is 9.26. The van der Waals surface area contributed by atoms with Crippen LogP contribution in [0.25, 0.3) is 0 Å². The number of carbonyl (C=O) groups is 3. The average Bonchev–Trinajstić information content (AvgIpc) is 3.29. The highest BCUT2D eigenvalue weighted by Gasteiger charge is 2.63. The molecular formula is C35H32N2O7S. The van der Waals surface area contributed by atoms with Crippen LogP contribution < -0.4 is 10.5 Å². The first-order valence-electron chi connectivity index (χ1n) is 14.2. The van der Waals surface area contributed by atoms with Gasteiger partial charge in [-0.25, -0.2) is 13.2 Å². The van der Waals surface area contributed by atoms with Crippen LogP contribution >= 0.6 is 0 Å². The number of amides is 1. The summed E-state index contributed by atoms with van der Waals surface area (Å²) in [5.74, 6) is -4.38. The van der Waals surface area contributed by atoms with Gasteiger partial charge in [-0.05, 0) is 41.8 Å². The first-order valence-corrected chi connectivity index (χ1v) is 15.7. The lowest BCUT2D eigenvalue weighted by Gasteiger charge is -2.41. The van der Waals surface area contributed by atoms with Crippen LogP contribution in [-0.4, -0.2) is 49.6 Å². The molecule has 0 spiro atoms. The molecule has 230 valence electrons. The third-order valence-electron chi connectivity index (χ3n) is 7.85. The van der Waals surface area contributed by atoms with E-state index in [0.29, 0.717) is 21.2 Å². The van der Waals surface area contributed by atoms with Gasteiger partial charge in [-0.15, -0.1) is 0 Å².